The molecule has 1 atom stereocenters. The monoisotopic (exact) mass is 292 g/mol. The van der Waals surface area contributed by atoms with Crippen LogP contribution in [-0.2, 0) is 4.79 Å². The number of hydrogen-bond donors (Lipinski definition) is 1. The molecule has 1 unspecified atom stereocenters. The van der Waals surface area contributed by atoms with Gasteiger partial charge in [-0.3, -0.25) is 9.59 Å². The van der Waals surface area contributed by atoms with E-state index in [0.717, 1.165) is 23.7 Å². The van der Waals surface area contributed by atoms with Crippen LogP contribution in [-0.4, -0.2) is 39.4 Å². The van der Waals surface area contributed by atoms with Crippen molar-refractivity contribution >= 4 is 11.7 Å². The van der Waals surface area contributed by atoms with Crippen LogP contribution in [0.5, 0.6) is 0 Å². The summed E-state index contributed by atoms with van der Waals surface area (Å²) in [5, 5.41) is 9.15. The second kappa shape index (κ2) is 6.49. The van der Waals surface area contributed by atoms with Crippen LogP contribution < -0.4 is 5.32 Å². The molecule has 9 heteroatoms. The molecule has 6 nitrogen and oxygen atoms in total. The summed E-state index contributed by atoms with van der Waals surface area (Å²) in [4.78, 5) is 22.6. The minimum atomic E-state index is -5.01. The highest BCUT2D eigenvalue weighted by atomic mass is 19.4. The smallest absolute Gasteiger partial charge is 0.354 e. The number of aromatic nitrogens is 3. The molecule has 0 saturated carbocycles. The number of ketones is 1. The molecule has 0 aliphatic rings. The van der Waals surface area contributed by atoms with Gasteiger partial charge in [-0.05, 0) is 13.3 Å². The van der Waals surface area contributed by atoms with Gasteiger partial charge in [-0.15, -0.1) is 5.10 Å². The third-order valence-corrected chi connectivity index (χ3v) is 2.61. The van der Waals surface area contributed by atoms with Crippen molar-refractivity contribution in [1.29, 1.82) is 0 Å². The summed E-state index contributed by atoms with van der Waals surface area (Å²) in [7, 11) is 0. The van der Waals surface area contributed by atoms with E-state index in [-0.39, 0.29) is 0 Å². The number of alkyl halides is 3. The Kier molecular flexibility index (Phi) is 5.23. The van der Waals surface area contributed by atoms with Gasteiger partial charge in [0.2, 0.25) is 5.91 Å². The fraction of sp³-hybridized carbons (Fsp3) is 0.636. The number of amides is 1. The van der Waals surface area contributed by atoms with E-state index in [2.05, 4.69) is 15.6 Å². The molecule has 0 spiro atoms. The van der Waals surface area contributed by atoms with Crippen LogP contribution in [0.3, 0.4) is 0 Å². The van der Waals surface area contributed by atoms with Gasteiger partial charge in [-0.25, -0.2) is 4.68 Å². The van der Waals surface area contributed by atoms with Crippen molar-refractivity contribution in [3.8, 4) is 0 Å². The number of hydrogen-bond acceptors (Lipinski definition) is 4. The van der Waals surface area contributed by atoms with Gasteiger partial charge in [0, 0.05) is 6.54 Å². The molecule has 0 fully saturated rings. The molecule has 1 amide bonds. The predicted molar refractivity (Wildman–Crippen MR) is 63.0 cm³/mol. The SMILES string of the molecule is CCCCNC(=O)C(C)n1cc(C(=O)C(F)(F)F)nn1. The molecule has 0 saturated heterocycles. The molecule has 1 aromatic rings. The van der Waals surface area contributed by atoms with Crippen LogP contribution in [0, 0.1) is 0 Å². The van der Waals surface area contributed by atoms with Gasteiger partial charge in [-0.1, -0.05) is 18.6 Å². The molecule has 0 radical (unpaired) electrons. The van der Waals surface area contributed by atoms with Crippen molar-refractivity contribution in [3.63, 3.8) is 0 Å². The van der Waals surface area contributed by atoms with Crippen molar-refractivity contribution in [3.05, 3.63) is 11.9 Å². The Labute approximate surface area is 113 Å². The van der Waals surface area contributed by atoms with E-state index in [0.29, 0.717) is 6.54 Å². The van der Waals surface area contributed by atoms with Crippen LogP contribution in [0.1, 0.15) is 43.2 Å². The van der Waals surface area contributed by atoms with Gasteiger partial charge in [0.1, 0.15) is 6.04 Å². The van der Waals surface area contributed by atoms with E-state index in [9.17, 15) is 22.8 Å². The van der Waals surface area contributed by atoms with Gasteiger partial charge >= 0.3 is 6.18 Å². The van der Waals surface area contributed by atoms with E-state index in [1.807, 2.05) is 6.92 Å². The molecule has 0 aliphatic heterocycles. The van der Waals surface area contributed by atoms with E-state index >= 15 is 0 Å². The zero-order chi connectivity index (χ0) is 15.3. The Morgan fingerprint density at radius 1 is 1.45 bits per heavy atom. The Hall–Kier alpha value is -1.93. The fourth-order valence-corrected chi connectivity index (χ4v) is 1.37. The Morgan fingerprint density at radius 2 is 2.10 bits per heavy atom. The zero-order valence-corrected chi connectivity index (χ0v) is 11.1. The van der Waals surface area contributed by atoms with Gasteiger partial charge in [-0.2, -0.15) is 13.2 Å². The number of unbranched alkanes of at least 4 members (excludes halogenated alkanes) is 1. The van der Waals surface area contributed by atoms with Crippen molar-refractivity contribution < 1.29 is 22.8 Å². The summed E-state index contributed by atoms with van der Waals surface area (Å²) in [6, 6.07) is -0.839. The van der Waals surface area contributed by atoms with E-state index < -0.39 is 29.6 Å². The van der Waals surface area contributed by atoms with E-state index in [1.165, 1.54) is 6.92 Å². The van der Waals surface area contributed by atoms with E-state index in [4.69, 9.17) is 0 Å². The molecule has 20 heavy (non-hydrogen) atoms. The first-order valence-electron chi connectivity index (χ1n) is 6.08. The molecule has 0 aliphatic carbocycles. The fourth-order valence-electron chi connectivity index (χ4n) is 1.37. The summed E-state index contributed by atoms with van der Waals surface area (Å²) >= 11 is 0. The Bertz CT molecular complexity index is 484. The van der Waals surface area contributed by atoms with Gasteiger partial charge < -0.3 is 5.32 Å². The zero-order valence-electron chi connectivity index (χ0n) is 11.1. The van der Waals surface area contributed by atoms with Crippen molar-refractivity contribution in [2.75, 3.05) is 6.54 Å². The third kappa shape index (κ3) is 4.04. The van der Waals surface area contributed by atoms with Crippen molar-refractivity contribution in [2.45, 2.75) is 38.9 Å². The highest BCUT2D eigenvalue weighted by Gasteiger charge is 2.41. The standard InChI is InChI=1S/C11H15F3N4O2/c1-3-4-5-15-10(20)7(2)18-6-8(16-17-18)9(19)11(12,13)14/h6-7H,3-5H2,1-2H3,(H,15,20). The maximum absolute atomic E-state index is 12.2. The highest BCUT2D eigenvalue weighted by Crippen LogP contribution is 2.20. The first kappa shape index (κ1) is 16.1. The number of Topliss-reactive ketones (excluding diaryl/α,β-unsaturated/α-hetero) is 1. The second-order valence-electron chi connectivity index (χ2n) is 4.23. The van der Waals surface area contributed by atoms with Gasteiger partial charge in [0.25, 0.3) is 5.78 Å². The molecule has 112 valence electrons. The first-order chi connectivity index (χ1) is 9.27. The van der Waals surface area contributed by atoms with Gasteiger partial charge in [0.05, 0.1) is 6.20 Å². The number of carbonyl (C=O) groups excluding carboxylic acids is 2. The lowest BCUT2D eigenvalue weighted by atomic mass is 10.2. The topological polar surface area (TPSA) is 76.9 Å². The molecule has 0 bridgehead atoms. The molecule has 1 heterocycles. The van der Waals surface area contributed by atoms with Crippen LogP contribution in [0.4, 0.5) is 13.2 Å². The molecular weight excluding hydrogens is 277 g/mol. The first-order valence-corrected chi connectivity index (χ1v) is 6.08. The van der Waals surface area contributed by atoms with Crippen LogP contribution in [0.25, 0.3) is 0 Å². The van der Waals surface area contributed by atoms with Crippen LogP contribution >= 0.6 is 0 Å². The second-order valence-corrected chi connectivity index (χ2v) is 4.23. The van der Waals surface area contributed by atoms with Gasteiger partial charge in [0.15, 0.2) is 5.69 Å². The van der Waals surface area contributed by atoms with Crippen LogP contribution in [0.15, 0.2) is 6.20 Å². The quantitative estimate of drug-likeness (QED) is 0.636. The summed E-state index contributed by atoms with van der Waals surface area (Å²) in [5.74, 6) is -2.48. The largest absolute Gasteiger partial charge is 0.456 e. The molecular formula is C11H15F3N4O2. The molecule has 1 rings (SSSR count). The maximum atomic E-state index is 12.2. The lowest BCUT2D eigenvalue weighted by molar-refractivity contribution is -0.124. The van der Waals surface area contributed by atoms with Crippen molar-refractivity contribution in [2.24, 2.45) is 0 Å². The van der Waals surface area contributed by atoms with Crippen molar-refractivity contribution in [1.82, 2.24) is 20.3 Å². The summed E-state index contributed by atoms with van der Waals surface area (Å²) < 4.78 is 37.5. The number of nitrogens with zero attached hydrogens (tertiary/aromatic N) is 3. The normalized spacial score (nSPS) is 13.1. The third-order valence-electron chi connectivity index (χ3n) is 2.61. The number of nitrogens with one attached hydrogen (secondary N) is 1. The Morgan fingerprint density at radius 3 is 2.65 bits per heavy atom. The molecule has 0 aromatic carbocycles. The number of halogens is 3. The summed E-state index contributed by atoms with van der Waals surface area (Å²) in [5.41, 5.74) is -0.828. The average molecular weight is 292 g/mol. The highest BCUT2D eigenvalue weighted by molar-refractivity contribution is 5.98. The van der Waals surface area contributed by atoms with Crippen LogP contribution in [0.2, 0.25) is 0 Å². The van der Waals surface area contributed by atoms with E-state index in [1.54, 1.807) is 0 Å². The summed E-state index contributed by atoms with van der Waals surface area (Å²) in [6.07, 6.45) is -2.48. The number of carbonyl (C=O) groups is 2. The maximum Gasteiger partial charge on any atom is 0.456 e. The Balaban J connectivity index is 2.71. The predicted octanol–water partition coefficient (Wildman–Crippen LogP) is 1.50. The summed E-state index contributed by atoms with van der Waals surface area (Å²) in [6.45, 7) is 3.89. The minimum Gasteiger partial charge on any atom is -0.354 e. The average Bonchev–Trinajstić information content (AvgIpc) is 2.85. The molecule has 1 N–H and O–H groups in total. The minimum absolute atomic E-state index is 0.394. The molecule has 1 aromatic heterocycles. The lowest BCUT2D eigenvalue weighted by Crippen LogP contribution is -2.32. The number of rotatable bonds is 6. The lowest BCUT2D eigenvalue weighted by Gasteiger charge is -2.11.